The van der Waals surface area contributed by atoms with Crippen molar-refractivity contribution in [2.75, 3.05) is 13.1 Å². The van der Waals surface area contributed by atoms with Crippen LogP contribution in [0.2, 0.25) is 0 Å². The van der Waals surface area contributed by atoms with Gasteiger partial charge in [0, 0.05) is 12.6 Å². The maximum atomic E-state index is 13.7. The van der Waals surface area contributed by atoms with Crippen LogP contribution in [0, 0.1) is 5.82 Å². The highest BCUT2D eigenvalue weighted by Gasteiger charge is 2.39. The lowest BCUT2D eigenvalue weighted by Crippen LogP contribution is -2.28. The van der Waals surface area contributed by atoms with Crippen LogP contribution in [0.5, 0.6) is 0 Å². The Balaban J connectivity index is 1.89. The standard InChI is InChI=1S/C16H19ClFN3/c1-10(17)16-19-12-5-4-11(18)9-15(12)21(16)14-6-8-20-7-2-3-13(14)20/h4-5,9-10,13-14H,2-3,6-8H2,1H3. The van der Waals surface area contributed by atoms with Gasteiger partial charge in [-0.3, -0.25) is 4.90 Å². The summed E-state index contributed by atoms with van der Waals surface area (Å²) >= 11 is 6.35. The van der Waals surface area contributed by atoms with E-state index in [4.69, 9.17) is 11.6 Å². The number of rotatable bonds is 2. The summed E-state index contributed by atoms with van der Waals surface area (Å²) in [6, 6.07) is 5.75. The number of aromatic nitrogens is 2. The molecule has 0 radical (unpaired) electrons. The van der Waals surface area contributed by atoms with Gasteiger partial charge < -0.3 is 4.57 Å². The number of hydrogen-bond donors (Lipinski definition) is 0. The molecule has 3 nitrogen and oxygen atoms in total. The Hall–Kier alpha value is -1.13. The third-order valence-corrected chi connectivity index (χ3v) is 5.13. The van der Waals surface area contributed by atoms with Crippen molar-refractivity contribution in [3.63, 3.8) is 0 Å². The van der Waals surface area contributed by atoms with E-state index in [9.17, 15) is 4.39 Å². The fraction of sp³-hybridized carbons (Fsp3) is 0.562. The molecule has 5 heteroatoms. The van der Waals surface area contributed by atoms with E-state index in [-0.39, 0.29) is 11.2 Å². The van der Waals surface area contributed by atoms with E-state index in [2.05, 4.69) is 14.5 Å². The van der Waals surface area contributed by atoms with Gasteiger partial charge in [0.15, 0.2) is 0 Å². The molecular weight excluding hydrogens is 289 g/mol. The average molecular weight is 308 g/mol. The monoisotopic (exact) mass is 307 g/mol. The molecule has 3 atom stereocenters. The Morgan fingerprint density at radius 2 is 2.14 bits per heavy atom. The van der Waals surface area contributed by atoms with Crippen molar-refractivity contribution in [2.45, 2.75) is 43.6 Å². The predicted molar refractivity (Wildman–Crippen MR) is 82.2 cm³/mol. The maximum Gasteiger partial charge on any atom is 0.128 e. The summed E-state index contributed by atoms with van der Waals surface area (Å²) in [6.45, 7) is 4.26. The van der Waals surface area contributed by atoms with Crippen molar-refractivity contribution in [1.29, 1.82) is 0 Å². The molecule has 3 unspecified atom stereocenters. The number of halogens is 2. The van der Waals surface area contributed by atoms with Gasteiger partial charge in [0.05, 0.1) is 22.5 Å². The highest BCUT2D eigenvalue weighted by Crippen LogP contribution is 2.40. The number of nitrogens with zero attached hydrogens (tertiary/aromatic N) is 3. The summed E-state index contributed by atoms with van der Waals surface area (Å²) < 4.78 is 15.9. The van der Waals surface area contributed by atoms with E-state index in [0.717, 1.165) is 29.8 Å². The Morgan fingerprint density at radius 1 is 1.29 bits per heavy atom. The van der Waals surface area contributed by atoms with Crippen LogP contribution in [0.3, 0.4) is 0 Å². The molecule has 2 aliphatic heterocycles. The molecule has 2 saturated heterocycles. The number of hydrogen-bond acceptors (Lipinski definition) is 2. The summed E-state index contributed by atoms with van der Waals surface area (Å²) in [6.07, 6.45) is 3.58. The van der Waals surface area contributed by atoms with Gasteiger partial charge in [-0.25, -0.2) is 9.37 Å². The molecule has 0 bridgehead atoms. The number of imidazole rings is 1. The molecule has 2 aliphatic rings. The van der Waals surface area contributed by atoms with Crippen LogP contribution in [0.1, 0.15) is 43.4 Å². The van der Waals surface area contributed by atoms with Crippen LogP contribution in [0.25, 0.3) is 11.0 Å². The van der Waals surface area contributed by atoms with Crippen LogP contribution in [-0.4, -0.2) is 33.6 Å². The summed E-state index contributed by atoms with van der Waals surface area (Å²) in [4.78, 5) is 7.21. The van der Waals surface area contributed by atoms with E-state index in [0.29, 0.717) is 12.1 Å². The Bertz CT molecular complexity index is 681. The molecule has 0 saturated carbocycles. The molecule has 2 fully saturated rings. The number of benzene rings is 1. The van der Waals surface area contributed by atoms with E-state index in [1.165, 1.54) is 25.5 Å². The topological polar surface area (TPSA) is 21.1 Å². The van der Waals surface area contributed by atoms with Crippen molar-refractivity contribution in [3.05, 3.63) is 29.8 Å². The van der Waals surface area contributed by atoms with Gasteiger partial charge >= 0.3 is 0 Å². The molecule has 1 aromatic heterocycles. The zero-order valence-electron chi connectivity index (χ0n) is 12.1. The highest BCUT2D eigenvalue weighted by atomic mass is 35.5. The predicted octanol–water partition coefficient (Wildman–Crippen LogP) is 3.88. The minimum Gasteiger partial charge on any atom is -0.322 e. The van der Waals surface area contributed by atoms with Crippen molar-refractivity contribution < 1.29 is 4.39 Å². The first-order valence-electron chi connectivity index (χ1n) is 7.70. The molecule has 0 amide bonds. The zero-order valence-corrected chi connectivity index (χ0v) is 12.9. The van der Waals surface area contributed by atoms with E-state index < -0.39 is 0 Å². The number of fused-ring (bicyclic) bond motifs is 2. The van der Waals surface area contributed by atoms with Crippen LogP contribution >= 0.6 is 11.6 Å². The lowest BCUT2D eigenvalue weighted by Gasteiger charge is -2.24. The van der Waals surface area contributed by atoms with Gasteiger partial charge in [-0.05, 0) is 50.9 Å². The van der Waals surface area contributed by atoms with Crippen LogP contribution in [0.15, 0.2) is 18.2 Å². The van der Waals surface area contributed by atoms with Gasteiger partial charge in [-0.1, -0.05) is 0 Å². The first-order chi connectivity index (χ1) is 10.1. The van der Waals surface area contributed by atoms with Crippen molar-refractivity contribution in [2.24, 2.45) is 0 Å². The van der Waals surface area contributed by atoms with Crippen LogP contribution < -0.4 is 0 Å². The van der Waals surface area contributed by atoms with Crippen molar-refractivity contribution in [1.82, 2.24) is 14.5 Å². The van der Waals surface area contributed by atoms with Gasteiger partial charge in [0.25, 0.3) is 0 Å². The molecule has 0 aliphatic carbocycles. The van der Waals surface area contributed by atoms with E-state index in [1.807, 2.05) is 6.92 Å². The normalized spacial score (nSPS) is 27.4. The van der Waals surface area contributed by atoms with Crippen molar-refractivity contribution in [3.8, 4) is 0 Å². The first kappa shape index (κ1) is 13.5. The van der Waals surface area contributed by atoms with Crippen LogP contribution in [0.4, 0.5) is 4.39 Å². The molecule has 1 aromatic carbocycles. The second-order valence-corrected chi connectivity index (χ2v) is 6.85. The molecule has 2 aromatic rings. The Labute approximate surface area is 128 Å². The minimum atomic E-state index is -0.210. The summed E-state index contributed by atoms with van der Waals surface area (Å²) in [5.74, 6) is 0.662. The molecule has 21 heavy (non-hydrogen) atoms. The summed E-state index contributed by atoms with van der Waals surface area (Å²) in [5, 5.41) is -0.170. The zero-order chi connectivity index (χ0) is 14.6. The lowest BCUT2D eigenvalue weighted by atomic mass is 10.1. The summed E-state index contributed by atoms with van der Waals surface area (Å²) in [5.41, 5.74) is 1.73. The second kappa shape index (κ2) is 4.96. The van der Waals surface area contributed by atoms with Gasteiger partial charge in [0.2, 0.25) is 0 Å². The molecular formula is C16H19ClFN3. The maximum absolute atomic E-state index is 13.7. The first-order valence-corrected chi connectivity index (χ1v) is 8.14. The third kappa shape index (κ3) is 2.08. The number of alkyl halides is 1. The SMILES string of the molecule is CC(Cl)c1nc2ccc(F)cc2n1C1CCN2CCCC12. The van der Waals surface area contributed by atoms with E-state index in [1.54, 1.807) is 12.1 Å². The highest BCUT2D eigenvalue weighted by molar-refractivity contribution is 6.20. The molecule has 4 rings (SSSR count). The van der Waals surface area contributed by atoms with Crippen LogP contribution in [-0.2, 0) is 0 Å². The fourth-order valence-corrected chi connectivity index (χ4v) is 4.22. The summed E-state index contributed by atoms with van der Waals surface area (Å²) in [7, 11) is 0. The van der Waals surface area contributed by atoms with E-state index >= 15 is 0 Å². The smallest absolute Gasteiger partial charge is 0.128 e. The molecule has 112 valence electrons. The third-order valence-electron chi connectivity index (χ3n) is 4.94. The Kier molecular flexibility index (Phi) is 3.19. The lowest BCUT2D eigenvalue weighted by molar-refractivity contribution is 0.290. The molecule has 0 spiro atoms. The molecule has 0 N–H and O–H groups in total. The average Bonchev–Trinajstić information content (AvgIpc) is 3.10. The minimum absolute atomic E-state index is 0.170. The largest absolute Gasteiger partial charge is 0.322 e. The fourth-order valence-electron chi connectivity index (χ4n) is 4.07. The van der Waals surface area contributed by atoms with Gasteiger partial charge in [0.1, 0.15) is 11.6 Å². The van der Waals surface area contributed by atoms with Gasteiger partial charge in [-0.2, -0.15) is 0 Å². The van der Waals surface area contributed by atoms with Gasteiger partial charge in [-0.15, -0.1) is 11.6 Å². The second-order valence-electron chi connectivity index (χ2n) is 6.19. The Morgan fingerprint density at radius 3 is 2.95 bits per heavy atom. The molecule has 3 heterocycles. The quantitative estimate of drug-likeness (QED) is 0.785. The van der Waals surface area contributed by atoms with Crippen molar-refractivity contribution >= 4 is 22.6 Å².